The van der Waals surface area contributed by atoms with Gasteiger partial charge in [0.05, 0.1) is 20.8 Å². The van der Waals surface area contributed by atoms with Gasteiger partial charge in [0.15, 0.2) is 0 Å². The number of carbonyl (C=O) groups is 1. The number of nitrogens with zero attached hydrogens (tertiary/aromatic N) is 3. The normalized spacial score (nSPS) is 18.9. The first-order chi connectivity index (χ1) is 17.3. The Kier molecular flexibility index (Phi) is 8.36. The summed E-state index contributed by atoms with van der Waals surface area (Å²) >= 11 is 0. The number of hydrogen-bond donors (Lipinski definition) is 0. The fraction of sp³-hybridized carbons (Fsp3) is 0.571. The van der Waals surface area contributed by atoms with Crippen molar-refractivity contribution in [3.8, 4) is 11.5 Å². The van der Waals surface area contributed by atoms with Crippen LogP contribution in [0.5, 0.6) is 11.5 Å². The van der Waals surface area contributed by atoms with Crippen LogP contribution in [0.4, 0.5) is 0 Å². The van der Waals surface area contributed by atoms with E-state index in [0.29, 0.717) is 49.0 Å². The van der Waals surface area contributed by atoms with Crippen LogP contribution in [0.2, 0.25) is 0 Å². The number of piperidine rings is 1. The van der Waals surface area contributed by atoms with Gasteiger partial charge in [0, 0.05) is 56.8 Å². The van der Waals surface area contributed by atoms with E-state index in [2.05, 4.69) is 42.8 Å². The number of benzene rings is 1. The summed E-state index contributed by atoms with van der Waals surface area (Å²) in [7, 11) is 5.18. The summed E-state index contributed by atoms with van der Waals surface area (Å²) in [6, 6.07) is 5.71. The second kappa shape index (κ2) is 11.5. The zero-order valence-electron chi connectivity index (χ0n) is 22.3. The first kappa shape index (κ1) is 26.2. The lowest BCUT2D eigenvalue weighted by molar-refractivity contribution is 0.0590. The molecule has 1 saturated heterocycles. The molecule has 1 aromatic carbocycles. The maximum Gasteiger partial charge on any atom is 0.343 e. The lowest BCUT2D eigenvalue weighted by Gasteiger charge is -2.29. The number of hydrogen-bond acceptors (Lipinski definition) is 7. The summed E-state index contributed by atoms with van der Waals surface area (Å²) in [4.78, 5) is 30.7. The predicted molar refractivity (Wildman–Crippen MR) is 139 cm³/mol. The summed E-state index contributed by atoms with van der Waals surface area (Å²) in [6.07, 6.45) is 2.78. The molecule has 2 aliphatic rings. The van der Waals surface area contributed by atoms with Gasteiger partial charge in [-0.1, -0.05) is 6.07 Å². The highest BCUT2D eigenvalue weighted by atomic mass is 16.5. The molecule has 0 radical (unpaired) electrons. The topological polar surface area (TPSA) is 73.2 Å². The number of fused-ring (bicyclic) bond motifs is 1. The van der Waals surface area contributed by atoms with Crippen LogP contribution >= 0.6 is 0 Å². The summed E-state index contributed by atoms with van der Waals surface area (Å²) in [5.74, 6) is 1.16. The van der Waals surface area contributed by atoms with E-state index >= 15 is 0 Å². The third kappa shape index (κ3) is 5.76. The molecular formula is C28H39N3O5. The fourth-order valence-electron chi connectivity index (χ4n) is 5.48. The Balaban J connectivity index is 1.56. The van der Waals surface area contributed by atoms with E-state index in [0.717, 1.165) is 50.3 Å². The number of esters is 1. The average molecular weight is 498 g/mol. The summed E-state index contributed by atoms with van der Waals surface area (Å²) < 4.78 is 18.5. The molecule has 8 heteroatoms. The zero-order chi connectivity index (χ0) is 25.8. The third-order valence-electron chi connectivity index (χ3n) is 7.52. The van der Waals surface area contributed by atoms with E-state index in [1.807, 2.05) is 0 Å². The SMILES string of the molecule is COC(=O)c1c(OC[C@@H]2CCCN(C)C2)cc(=O)n2c1CCN(Cc1cc(C)c(OC)cc1C)CC2. The van der Waals surface area contributed by atoms with Crippen LogP contribution in [0.1, 0.15) is 45.6 Å². The Bertz CT molecular complexity index is 1160. The standard InChI is InChI=1S/C28H39N3O5/c1-19-14-24(34-4)20(2)13-22(19)17-30-10-8-23-27(28(33)35-5)25(15-26(32)31(23)12-11-30)36-18-21-7-6-9-29(3)16-21/h13-15,21H,6-12,16-18H2,1-5H3/t21-/m1/s1. The number of methoxy groups -OCH3 is 2. The number of carbonyl (C=O) groups excluding carboxylic acids is 1. The van der Waals surface area contributed by atoms with Gasteiger partial charge in [-0.25, -0.2) is 4.79 Å². The Morgan fingerprint density at radius 2 is 1.83 bits per heavy atom. The van der Waals surface area contributed by atoms with Gasteiger partial charge in [-0.3, -0.25) is 9.69 Å². The number of ether oxygens (including phenoxy) is 3. The maximum atomic E-state index is 13.1. The monoisotopic (exact) mass is 497 g/mol. The second-order valence-corrected chi connectivity index (χ2v) is 10.2. The van der Waals surface area contributed by atoms with E-state index in [1.54, 1.807) is 11.7 Å². The Morgan fingerprint density at radius 1 is 1.03 bits per heavy atom. The molecule has 1 fully saturated rings. The quantitative estimate of drug-likeness (QED) is 0.545. The van der Waals surface area contributed by atoms with Gasteiger partial charge in [-0.2, -0.15) is 0 Å². The molecule has 4 rings (SSSR count). The van der Waals surface area contributed by atoms with Crippen molar-refractivity contribution in [3.63, 3.8) is 0 Å². The van der Waals surface area contributed by atoms with Crippen molar-refractivity contribution >= 4 is 5.97 Å². The van der Waals surface area contributed by atoms with Crippen molar-refractivity contribution < 1.29 is 19.0 Å². The Morgan fingerprint density at radius 3 is 2.56 bits per heavy atom. The van der Waals surface area contributed by atoms with E-state index < -0.39 is 5.97 Å². The minimum atomic E-state index is -0.454. The zero-order valence-corrected chi connectivity index (χ0v) is 22.3. The number of pyridine rings is 1. The summed E-state index contributed by atoms with van der Waals surface area (Å²) in [5, 5.41) is 0. The Hall–Kier alpha value is -2.84. The highest BCUT2D eigenvalue weighted by Gasteiger charge is 2.27. The van der Waals surface area contributed by atoms with Crippen LogP contribution < -0.4 is 15.0 Å². The van der Waals surface area contributed by atoms with Gasteiger partial charge < -0.3 is 23.7 Å². The molecule has 0 amide bonds. The number of aromatic nitrogens is 1. The van der Waals surface area contributed by atoms with Crippen LogP contribution in [0, 0.1) is 19.8 Å². The summed E-state index contributed by atoms with van der Waals surface area (Å²) in [6.45, 7) is 9.40. The van der Waals surface area contributed by atoms with E-state index in [9.17, 15) is 9.59 Å². The fourth-order valence-corrected chi connectivity index (χ4v) is 5.48. The van der Waals surface area contributed by atoms with Gasteiger partial charge in [0.1, 0.15) is 17.1 Å². The highest BCUT2D eigenvalue weighted by Crippen LogP contribution is 2.27. The highest BCUT2D eigenvalue weighted by molar-refractivity contribution is 5.93. The van der Waals surface area contributed by atoms with Gasteiger partial charge in [-0.15, -0.1) is 0 Å². The van der Waals surface area contributed by atoms with Gasteiger partial charge in [-0.05, 0) is 63.0 Å². The molecular weight excluding hydrogens is 458 g/mol. The van der Waals surface area contributed by atoms with Crippen molar-refractivity contribution in [2.24, 2.45) is 5.92 Å². The van der Waals surface area contributed by atoms with E-state index in [-0.39, 0.29) is 5.56 Å². The van der Waals surface area contributed by atoms with Gasteiger partial charge in [0.2, 0.25) is 0 Å². The largest absolute Gasteiger partial charge is 0.496 e. The summed E-state index contributed by atoms with van der Waals surface area (Å²) in [5.41, 5.74) is 4.48. The van der Waals surface area contributed by atoms with Crippen molar-refractivity contribution in [2.45, 2.75) is 46.2 Å². The minimum Gasteiger partial charge on any atom is -0.496 e. The molecule has 0 bridgehead atoms. The lowest BCUT2D eigenvalue weighted by atomic mass is 9.99. The molecule has 36 heavy (non-hydrogen) atoms. The van der Waals surface area contributed by atoms with E-state index in [4.69, 9.17) is 14.2 Å². The molecule has 8 nitrogen and oxygen atoms in total. The van der Waals surface area contributed by atoms with Crippen LogP contribution in [0.25, 0.3) is 0 Å². The molecule has 196 valence electrons. The third-order valence-corrected chi connectivity index (χ3v) is 7.52. The molecule has 0 N–H and O–H groups in total. The molecule has 0 spiro atoms. The molecule has 0 unspecified atom stereocenters. The molecule has 0 saturated carbocycles. The maximum absolute atomic E-state index is 13.1. The Labute approximate surface area is 213 Å². The van der Waals surface area contributed by atoms with Crippen LogP contribution in [-0.4, -0.2) is 74.4 Å². The number of rotatable bonds is 7. The van der Waals surface area contributed by atoms with E-state index in [1.165, 1.54) is 24.3 Å². The van der Waals surface area contributed by atoms with Crippen molar-refractivity contribution in [1.82, 2.24) is 14.4 Å². The van der Waals surface area contributed by atoms with Crippen LogP contribution in [-0.2, 0) is 24.2 Å². The van der Waals surface area contributed by atoms with Crippen molar-refractivity contribution in [2.75, 3.05) is 54.1 Å². The predicted octanol–water partition coefficient (Wildman–Crippen LogP) is 3.04. The first-order valence-electron chi connectivity index (χ1n) is 12.8. The molecule has 1 aromatic heterocycles. The van der Waals surface area contributed by atoms with Crippen molar-refractivity contribution in [3.05, 3.63) is 56.5 Å². The van der Waals surface area contributed by atoms with Gasteiger partial charge in [0.25, 0.3) is 5.56 Å². The van der Waals surface area contributed by atoms with Gasteiger partial charge >= 0.3 is 5.97 Å². The number of aryl methyl sites for hydroxylation is 2. The number of likely N-dealkylation sites (tertiary alicyclic amines) is 1. The minimum absolute atomic E-state index is 0.133. The average Bonchev–Trinajstić information content (AvgIpc) is 3.07. The van der Waals surface area contributed by atoms with Crippen LogP contribution in [0.3, 0.4) is 0 Å². The molecule has 0 aliphatic carbocycles. The molecule has 2 aromatic rings. The van der Waals surface area contributed by atoms with Crippen LogP contribution in [0.15, 0.2) is 23.0 Å². The molecule has 2 aliphatic heterocycles. The first-order valence-corrected chi connectivity index (χ1v) is 12.8. The van der Waals surface area contributed by atoms with Crippen molar-refractivity contribution in [1.29, 1.82) is 0 Å². The molecule has 1 atom stereocenters. The second-order valence-electron chi connectivity index (χ2n) is 10.2. The lowest BCUT2D eigenvalue weighted by Crippen LogP contribution is -2.35. The molecule has 3 heterocycles. The smallest absolute Gasteiger partial charge is 0.343 e.